The summed E-state index contributed by atoms with van der Waals surface area (Å²) in [6.45, 7) is 0. The van der Waals surface area contributed by atoms with E-state index in [1.807, 2.05) is 105 Å². The average molecular weight is 401 g/mol. The van der Waals surface area contributed by atoms with E-state index < -0.39 is 7.51 Å². The van der Waals surface area contributed by atoms with Crippen molar-refractivity contribution >= 4 is 19.1 Å². The number of carbonyl (C=O) groups is 1. The van der Waals surface area contributed by atoms with Crippen molar-refractivity contribution in [2.75, 3.05) is 42.3 Å². The Kier molecular flexibility index (Phi) is 5.34. The molecule has 0 saturated heterocycles. The zero-order valence-corrected chi connectivity index (χ0v) is 18.2. The van der Waals surface area contributed by atoms with E-state index in [9.17, 15) is 4.79 Å². The summed E-state index contributed by atoms with van der Waals surface area (Å²) < 4.78 is 19.2. The summed E-state index contributed by atoms with van der Waals surface area (Å²) in [5.74, 6) is 0.492. The number of nitrogens with zero attached hydrogens (tertiary/aromatic N) is 3. The van der Waals surface area contributed by atoms with Crippen LogP contribution in [0.3, 0.4) is 0 Å². The van der Waals surface area contributed by atoms with Crippen LogP contribution in [0.2, 0.25) is 0 Å². The van der Waals surface area contributed by atoms with Gasteiger partial charge in [0.15, 0.2) is 0 Å². The molecule has 28 heavy (non-hydrogen) atoms. The number of hydrogen-bond acceptors (Lipinski definition) is 6. The van der Waals surface area contributed by atoms with E-state index in [4.69, 9.17) is 9.05 Å². The molecule has 1 aliphatic heterocycles. The fourth-order valence-electron chi connectivity index (χ4n) is 3.62. The first-order valence-electron chi connectivity index (χ1n) is 9.08. The molecule has 1 heterocycles. The van der Waals surface area contributed by atoms with Gasteiger partial charge in [-0.2, -0.15) is 0 Å². The van der Waals surface area contributed by atoms with Crippen molar-refractivity contribution in [3.8, 4) is 0 Å². The molecule has 2 aromatic carbocycles. The van der Waals surface area contributed by atoms with Crippen LogP contribution in [0.15, 0.2) is 66.4 Å². The van der Waals surface area contributed by atoms with Gasteiger partial charge in [0, 0.05) is 0 Å². The van der Waals surface area contributed by atoms with Gasteiger partial charge in [-0.1, -0.05) is 0 Å². The van der Waals surface area contributed by atoms with Crippen LogP contribution in [-0.4, -0.2) is 62.1 Å². The molecule has 1 aliphatic rings. The molecule has 0 radical (unpaired) electrons. The monoisotopic (exact) mass is 401 g/mol. The Morgan fingerprint density at radius 3 is 1.64 bits per heavy atom. The van der Waals surface area contributed by atoms with E-state index in [1.54, 1.807) is 12.1 Å². The summed E-state index contributed by atoms with van der Waals surface area (Å²) in [4.78, 5) is 13.4. The second-order valence-corrected chi connectivity index (χ2v) is 11.7. The van der Waals surface area contributed by atoms with Crippen molar-refractivity contribution in [1.29, 1.82) is 0 Å². The van der Waals surface area contributed by atoms with E-state index >= 15 is 0 Å². The van der Waals surface area contributed by atoms with Crippen LogP contribution in [0.1, 0.15) is 15.9 Å². The maximum atomic E-state index is 13.4. The zero-order valence-electron chi connectivity index (χ0n) is 17.3. The van der Waals surface area contributed by atoms with Gasteiger partial charge in [-0.3, -0.25) is 0 Å². The SMILES string of the molecule is CN(C)P1(N(C)C)(N(C)C)OC(C(=O)c2ccccc2)=C(c2ccccc2)O1. The first kappa shape index (κ1) is 20.5. The van der Waals surface area contributed by atoms with Crippen molar-refractivity contribution < 1.29 is 13.8 Å². The van der Waals surface area contributed by atoms with Crippen LogP contribution in [0.4, 0.5) is 0 Å². The minimum absolute atomic E-state index is 0.198. The first-order valence-corrected chi connectivity index (χ1v) is 11.0. The summed E-state index contributed by atoms with van der Waals surface area (Å²) in [5, 5.41) is 0. The van der Waals surface area contributed by atoms with Gasteiger partial charge in [0.05, 0.1) is 0 Å². The molecule has 0 atom stereocenters. The van der Waals surface area contributed by atoms with E-state index in [-0.39, 0.29) is 11.5 Å². The summed E-state index contributed by atoms with van der Waals surface area (Å²) in [5.41, 5.74) is 1.36. The molecular weight excluding hydrogens is 373 g/mol. The molecule has 7 heteroatoms. The predicted molar refractivity (Wildman–Crippen MR) is 114 cm³/mol. The van der Waals surface area contributed by atoms with Gasteiger partial charge in [0.25, 0.3) is 0 Å². The fraction of sp³-hybridized carbons (Fsp3) is 0.286. The number of allylic oxidation sites excluding steroid dienone is 1. The Hall–Kier alpha value is -2.24. The van der Waals surface area contributed by atoms with Crippen LogP contribution in [-0.2, 0) is 9.05 Å². The Balaban J connectivity index is 2.24. The Bertz CT molecular complexity index is 871. The van der Waals surface area contributed by atoms with Crippen LogP contribution < -0.4 is 0 Å². The standard InChI is InChI=1S/C21H28N3O3P/c1-22(2)28(23(3)4,24(5)6)26-20(18-15-11-8-12-16-18)21(27-28)19(25)17-13-9-7-10-14-17/h7-16H,1-6H3. The predicted octanol–water partition coefficient (Wildman–Crippen LogP) is 4.10. The normalized spacial score (nSPS) is 19.2. The van der Waals surface area contributed by atoms with Gasteiger partial charge in [-0.05, 0) is 0 Å². The molecule has 150 valence electrons. The summed E-state index contributed by atoms with van der Waals surface area (Å²) in [6.07, 6.45) is 0. The molecule has 0 aromatic heterocycles. The van der Waals surface area contributed by atoms with Gasteiger partial charge in [-0.25, -0.2) is 0 Å². The average Bonchev–Trinajstić information content (AvgIpc) is 3.08. The van der Waals surface area contributed by atoms with Gasteiger partial charge in [0.1, 0.15) is 0 Å². The third-order valence-corrected chi connectivity index (χ3v) is 10.1. The third-order valence-electron chi connectivity index (χ3n) is 5.04. The maximum absolute atomic E-state index is 13.4. The van der Waals surface area contributed by atoms with E-state index in [0.29, 0.717) is 11.3 Å². The fourth-order valence-corrected chi connectivity index (χ4v) is 7.78. The Morgan fingerprint density at radius 2 is 1.18 bits per heavy atom. The van der Waals surface area contributed by atoms with Crippen molar-refractivity contribution in [1.82, 2.24) is 14.0 Å². The van der Waals surface area contributed by atoms with Gasteiger partial charge >= 0.3 is 167 Å². The van der Waals surface area contributed by atoms with Crippen LogP contribution >= 0.6 is 7.51 Å². The quantitative estimate of drug-likeness (QED) is 0.537. The second-order valence-electron chi connectivity index (χ2n) is 7.28. The second kappa shape index (κ2) is 7.30. The molecular formula is C21H28N3O3P. The molecule has 6 nitrogen and oxygen atoms in total. The van der Waals surface area contributed by atoms with Gasteiger partial charge in [-0.15, -0.1) is 0 Å². The van der Waals surface area contributed by atoms with E-state index in [1.165, 1.54) is 0 Å². The van der Waals surface area contributed by atoms with Crippen LogP contribution in [0.5, 0.6) is 0 Å². The molecule has 0 amide bonds. The summed E-state index contributed by atoms with van der Waals surface area (Å²) >= 11 is 0. The third kappa shape index (κ3) is 2.85. The molecule has 0 fully saturated rings. The van der Waals surface area contributed by atoms with Gasteiger partial charge < -0.3 is 0 Å². The molecule has 0 unspecified atom stereocenters. The molecule has 0 N–H and O–H groups in total. The number of hydrogen-bond donors (Lipinski definition) is 0. The molecule has 0 spiro atoms. The van der Waals surface area contributed by atoms with Crippen molar-refractivity contribution in [3.63, 3.8) is 0 Å². The summed E-state index contributed by atoms with van der Waals surface area (Å²) in [7, 11) is 7.76. The Morgan fingerprint density at radius 1 is 0.714 bits per heavy atom. The van der Waals surface area contributed by atoms with Gasteiger partial charge in [0.2, 0.25) is 0 Å². The molecule has 2 aromatic rings. The van der Waals surface area contributed by atoms with Crippen molar-refractivity contribution in [2.24, 2.45) is 0 Å². The molecule has 0 bridgehead atoms. The topological polar surface area (TPSA) is 45.2 Å². The van der Waals surface area contributed by atoms with Crippen molar-refractivity contribution in [3.05, 3.63) is 77.5 Å². The van der Waals surface area contributed by atoms with Crippen LogP contribution in [0.25, 0.3) is 5.76 Å². The van der Waals surface area contributed by atoms with Crippen molar-refractivity contribution in [2.45, 2.75) is 0 Å². The molecule has 3 rings (SSSR count). The van der Waals surface area contributed by atoms with E-state index in [0.717, 1.165) is 5.56 Å². The summed E-state index contributed by atoms with van der Waals surface area (Å²) in [6, 6.07) is 18.8. The number of benzene rings is 2. The number of carbonyl (C=O) groups excluding carboxylic acids is 1. The number of Topliss-reactive ketones (excluding diaryl/α,β-unsaturated/α-hetero) is 1. The molecule has 0 saturated carbocycles. The Labute approximate surface area is 167 Å². The number of ketones is 1. The van der Waals surface area contributed by atoms with E-state index in [2.05, 4.69) is 0 Å². The van der Waals surface area contributed by atoms with Crippen LogP contribution in [0, 0.1) is 0 Å². The molecule has 0 aliphatic carbocycles. The zero-order chi connectivity index (χ0) is 20.6. The first-order chi connectivity index (χ1) is 13.2. The minimum atomic E-state index is -3.72. The number of rotatable bonds is 6.